The molecule has 3 N–H and O–H groups in total. The van der Waals surface area contributed by atoms with Gasteiger partial charge in [0.25, 0.3) is 10.1 Å². The first-order valence-electron chi connectivity index (χ1n) is 3.06. The van der Waals surface area contributed by atoms with Gasteiger partial charge in [0.05, 0.1) is 10.7 Å². The summed E-state index contributed by atoms with van der Waals surface area (Å²) in [5, 5.41) is 10.5. The van der Waals surface area contributed by atoms with Crippen molar-refractivity contribution in [1.29, 1.82) is 0 Å². The van der Waals surface area contributed by atoms with Gasteiger partial charge in [-0.2, -0.15) is 8.42 Å². The van der Waals surface area contributed by atoms with E-state index in [-0.39, 0.29) is 35.2 Å². The molecule has 0 aromatic heterocycles. The van der Waals surface area contributed by atoms with Gasteiger partial charge in [-0.3, -0.25) is 4.55 Å². The number of hydrogen-bond donors (Lipinski definition) is 2. The number of halogens is 1. The summed E-state index contributed by atoms with van der Waals surface area (Å²) in [6.07, 6.45) is 0. The number of anilines is 1. The predicted molar refractivity (Wildman–Crippen MR) is 45.1 cm³/mol. The molecule has 0 bridgehead atoms. The molecule has 0 aliphatic rings. The Morgan fingerprint density at radius 3 is 2.29 bits per heavy atom. The maximum absolute atomic E-state index is 11.0. The topological polar surface area (TPSA) is 103 Å². The third kappa shape index (κ3) is 2.75. The molecule has 72 valence electrons. The molecule has 14 heavy (non-hydrogen) atoms. The largest absolute Gasteiger partial charge is 1.00 e. The van der Waals surface area contributed by atoms with E-state index < -0.39 is 25.8 Å². The predicted octanol–water partition coefficient (Wildman–Crippen LogP) is -2.75. The Kier molecular flexibility index (Phi) is 4.70. The Bertz CT molecular complexity index is 447. The Labute approximate surface area is 108 Å². The van der Waals surface area contributed by atoms with Gasteiger partial charge in [0, 0.05) is 0 Å². The molecular weight excluding hydrogens is 241 g/mol. The van der Waals surface area contributed by atoms with Crippen molar-refractivity contribution in [2.75, 3.05) is 5.73 Å². The van der Waals surface area contributed by atoms with Crippen molar-refractivity contribution < 1.29 is 47.6 Å². The first kappa shape index (κ1) is 14.0. The minimum Gasteiger partial charge on any atom is -0.871 e. The summed E-state index contributed by atoms with van der Waals surface area (Å²) in [6, 6.07) is 2.09. The maximum Gasteiger partial charge on any atom is 1.00 e. The molecule has 0 heterocycles. The zero-order valence-corrected chi connectivity index (χ0v) is 10.8. The maximum atomic E-state index is 11.0. The van der Waals surface area contributed by atoms with E-state index in [1.165, 1.54) is 6.07 Å². The van der Waals surface area contributed by atoms with E-state index in [9.17, 15) is 13.5 Å². The first-order valence-corrected chi connectivity index (χ1v) is 4.88. The number of nitrogens with two attached hydrogens (primary N) is 1. The molecule has 0 spiro atoms. The molecule has 0 saturated heterocycles. The van der Waals surface area contributed by atoms with E-state index in [4.69, 9.17) is 21.9 Å². The van der Waals surface area contributed by atoms with Crippen molar-refractivity contribution in [3.63, 3.8) is 0 Å². The minimum absolute atomic E-state index is 0. The van der Waals surface area contributed by atoms with Crippen LogP contribution in [0, 0.1) is 0 Å². The van der Waals surface area contributed by atoms with Crippen molar-refractivity contribution in [3.05, 3.63) is 17.2 Å². The fraction of sp³-hybridized carbons (Fsp3) is 0. The quantitative estimate of drug-likeness (QED) is 0.317. The fourth-order valence-electron chi connectivity index (χ4n) is 0.794. The van der Waals surface area contributed by atoms with E-state index >= 15 is 0 Å². The van der Waals surface area contributed by atoms with Crippen LogP contribution in [0.2, 0.25) is 5.02 Å². The standard InChI is InChI=1S/C6H6ClNO4S.Na/c7-5-3(8)1-2-4(9)6(5)13(10,11)12;/h1-2,9H,8H2,(H,10,11,12);/q;+1/p-1. The number of benzene rings is 1. The van der Waals surface area contributed by atoms with Crippen LogP contribution >= 0.6 is 11.6 Å². The Morgan fingerprint density at radius 2 is 1.93 bits per heavy atom. The van der Waals surface area contributed by atoms with Crippen molar-refractivity contribution in [1.82, 2.24) is 0 Å². The molecule has 0 saturated carbocycles. The summed E-state index contributed by atoms with van der Waals surface area (Å²) in [7, 11) is -4.61. The zero-order valence-electron chi connectivity index (χ0n) is 7.19. The molecule has 0 radical (unpaired) electrons. The summed E-state index contributed by atoms with van der Waals surface area (Å²) >= 11 is 5.42. The van der Waals surface area contributed by atoms with E-state index in [1.807, 2.05) is 0 Å². The van der Waals surface area contributed by atoms with Gasteiger partial charge in [-0.05, 0) is 6.07 Å². The summed E-state index contributed by atoms with van der Waals surface area (Å²) in [5.41, 5.74) is 5.16. The van der Waals surface area contributed by atoms with Gasteiger partial charge in [0.1, 0.15) is 4.90 Å². The van der Waals surface area contributed by atoms with Crippen LogP contribution in [0.15, 0.2) is 17.0 Å². The second kappa shape index (κ2) is 4.69. The Morgan fingerprint density at radius 1 is 1.43 bits per heavy atom. The monoisotopic (exact) mass is 245 g/mol. The van der Waals surface area contributed by atoms with Crippen LogP contribution in [0.5, 0.6) is 5.75 Å². The summed E-state index contributed by atoms with van der Waals surface area (Å²) in [4.78, 5) is -0.880. The van der Waals surface area contributed by atoms with E-state index in [0.29, 0.717) is 0 Å². The molecule has 0 fully saturated rings. The third-order valence-corrected chi connectivity index (χ3v) is 2.79. The smallest absolute Gasteiger partial charge is 0.871 e. The molecule has 1 aromatic carbocycles. The van der Waals surface area contributed by atoms with E-state index in [1.54, 1.807) is 0 Å². The van der Waals surface area contributed by atoms with E-state index in [2.05, 4.69) is 0 Å². The van der Waals surface area contributed by atoms with Crippen LogP contribution in [0.3, 0.4) is 0 Å². The van der Waals surface area contributed by atoms with Crippen molar-refractivity contribution in [2.24, 2.45) is 0 Å². The van der Waals surface area contributed by atoms with Crippen LogP contribution in [-0.2, 0) is 10.1 Å². The van der Waals surface area contributed by atoms with Crippen LogP contribution in [-0.4, -0.2) is 13.0 Å². The minimum atomic E-state index is -4.61. The van der Waals surface area contributed by atoms with E-state index in [0.717, 1.165) is 6.07 Å². The first-order chi connectivity index (χ1) is 5.84. The van der Waals surface area contributed by atoms with Gasteiger partial charge >= 0.3 is 29.6 Å². The molecule has 0 unspecified atom stereocenters. The third-order valence-electron chi connectivity index (χ3n) is 1.35. The number of rotatable bonds is 1. The molecule has 1 rings (SSSR count). The van der Waals surface area contributed by atoms with Gasteiger partial charge in [-0.1, -0.05) is 23.4 Å². The van der Waals surface area contributed by atoms with Gasteiger partial charge < -0.3 is 10.8 Å². The average molecular weight is 246 g/mol. The zero-order chi connectivity index (χ0) is 10.2. The number of nitrogen functional groups attached to an aromatic ring is 1. The van der Waals surface area contributed by atoms with Gasteiger partial charge in [0.15, 0.2) is 0 Å². The molecule has 1 aromatic rings. The summed E-state index contributed by atoms with van der Waals surface area (Å²) in [5.74, 6) is -0.887. The second-order valence-electron chi connectivity index (χ2n) is 2.27. The number of hydrogen-bond acceptors (Lipinski definition) is 4. The van der Waals surface area contributed by atoms with Crippen LogP contribution in [0.4, 0.5) is 5.69 Å². The molecule has 8 heteroatoms. The second-order valence-corrected chi connectivity index (χ2v) is 4.01. The van der Waals surface area contributed by atoms with Gasteiger partial charge in [-0.15, -0.1) is 0 Å². The van der Waals surface area contributed by atoms with Gasteiger partial charge in [0.2, 0.25) is 0 Å². The molecule has 0 aliphatic carbocycles. The molecule has 5 nitrogen and oxygen atoms in total. The van der Waals surface area contributed by atoms with Gasteiger partial charge in [-0.25, -0.2) is 0 Å². The molecule has 0 atom stereocenters. The normalized spacial score (nSPS) is 10.7. The molecular formula is C6H5ClNNaO4S. The summed E-state index contributed by atoms with van der Waals surface area (Å²) in [6.45, 7) is 0. The van der Waals surface area contributed by atoms with Crippen LogP contribution in [0.1, 0.15) is 0 Å². The molecule has 0 aliphatic heterocycles. The molecule has 0 amide bonds. The SMILES string of the molecule is Nc1ccc([O-])c(S(=O)(=O)O)c1Cl.[Na+]. The van der Waals surface area contributed by atoms with Crippen molar-refractivity contribution >= 4 is 27.4 Å². The summed E-state index contributed by atoms with van der Waals surface area (Å²) < 4.78 is 29.9. The van der Waals surface area contributed by atoms with Crippen molar-refractivity contribution in [3.8, 4) is 5.75 Å². The van der Waals surface area contributed by atoms with Crippen molar-refractivity contribution in [2.45, 2.75) is 4.90 Å². The Hall–Kier alpha value is 0.0200. The van der Waals surface area contributed by atoms with Crippen LogP contribution < -0.4 is 40.4 Å². The Balaban J connectivity index is 0.00000169. The average Bonchev–Trinajstić information content (AvgIpc) is 1.95. The fourth-order valence-corrected chi connectivity index (χ4v) is 1.91. The van der Waals surface area contributed by atoms with Crippen LogP contribution in [0.25, 0.3) is 0 Å².